The van der Waals surface area contributed by atoms with Crippen molar-refractivity contribution < 1.29 is 19.1 Å². The molecule has 0 heterocycles. The number of ether oxygens (including phenoxy) is 2. The van der Waals surface area contributed by atoms with E-state index in [1.54, 1.807) is 0 Å². The first kappa shape index (κ1) is 22.1. The first-order valence-electron chi connectivity index (χ1n) is 10.3. The van der Waals surface area contributed by atoms with Crippen LogP contribution in [0.15, 0.2) is 84.0 Å². The first-order valence-corrected chi connectivity index (χ1v) is 10.3. The number of hydrogen-bond acceptors (Lipinski definition) is 6. The number of fused-ring (bicyclic) bond motifs is 3. The molecule has 4 rings (SSSR count). The Bertz CT molecular complexity index is 1190. The van der Waals surface area contributed by atoms with Crippen molar-refractivity contribution in [3.63, 3.8) is 0 Å². The number of rotatable bonds is 7. The van der Waals surface area contributed by atoms with Gasteiger partial charge in [0.15, 0.2) is 6.04 Å². The Morgan fingerprint density at radius 3 is 1.88 bits per heavy atom. The number of esters is 2. The van der Waals surface area contributed by atoms with Crippen LogP contribution in [0.1, 0.15) is 16.7 Å². The second kappa shape index (κ2) is 9.16. The quantitative estimate of drug-likeness (QED) is 0.258. The molecule has 0 radical (unpaired) electrons. The Kier molecular flexibility index (Phi) is 6.13. The third-order valence-corrected chi connectivity index (χ3v) is 5.92. The Balaban J connectivity index is 2.01. The standard InChI is InChI=1S/C25H22N4O4/c1-32-23(30)21(22(28-29-26)24(31)33-2)27-25(16-10-4-3-5-11-16)19-14-8-6-12-17(19)18-13-7-9-15-20(18)25/h3-15,21-22,27H,1-2H3/t21-,22-/m0/s1. The molecule has 0 aromatic heterocycles. The molecule has 1 N–H and O–H groups in total. The highest BCUT2D eigenvalue weighted by molar-refractivity contribution is 5.89. The molecule has 3 aromatic rings. The number of carbonyl (C=O) groups is 2. The highest BCUT2D eigenvalue weighted by atomic mass is 16.5. The zero-order valence-corrected chi connectivity index (χ0v) is 18.1. The zero-order valence-electron chi connectivity index (χ0n) is 18.1. The summed E-state index contributed by atoms with van der Waals surface area (Å²) in [4.78, 5) is 28.3. The van der Waals surface area contributed by atoms with Gasteiger partial charge in [-0.25, -0.2) is 0 Å². The van der Waals surface area contributed by atoms with E-state index < -0.39 is 29.6 Å². The van der Waals surface area contributed by atoms with Gasteiger partial charge in [0.05, 0.1) is 19.8 Å². The van der Waals surface area contributed by atoms with E-state index in [2.05, 4.69) is 15.3 Å². The van der Waals surface area contributed by atoms with Gasteiger partial charge in [0.2, 0.25) is 0 Å². The van der Waals surface area contributed by atoms with E-state index in [1.165, 1.54) is 14.2 Å². The van der Waals surface area contributed by atoms with E-state index >= 15 is 0 Å². The molecular formula is C25H22N4O4. The molecule has 8 nitrogen and oxygen atoms in total. The fourth-order valence-corrected chi connectivity index (χ4v) is 4.53. The normalized spacial score (nSPS) is 14.7. The molecule has 0 bridgehead atoms. The van der Waals surface area contributed by atoms with Gasteiger partial charge >= 0.3 is 11.9 Å². The molecule has 0 unspecified atom stereocenters. The predicted octanol–water partition coefficient (Wildman–Crippen LogP) is 3.94. The molecule has 0 amide bonds. The fraction of sp³-hybridized carbons (Fsp3) is 0.200. The Hall–Kier alpha value is -4.13. The van der Waals surface area contributed by atoms with Gasteiger partial charge in [-0.05, 0) is 33.3 Å². The lowest BCUT2D eigenvalue weighted by molar-refractivity contribution is -0.151. The second-order valence-corrected chi connectivity index (χ2v) is 7.53. The Morgan fingerprint density at radius 1 is 0.848 bits per heavy atom. The lowest BCUT2D eigenvalue weighted by Gasteiger charge is -2.38. The molecule has 0 aliphatic heterocycles. The minimum atomic E-state index is -1.48. The summed E-state index contributed by atoms with van der Waals surface area (Å²) in [5.74, 6) is -1.60. The Labute approximate surface area is 190 Å². The second-order valence-electron chi connectivity index (χ2n) is 7.53. The highest BCUT2D eigenvalue weighted by Crippen LogP contribution is 2.51. The van der Waals surface area contributed by atoms with Gasteiger partial charge in [-0.2, -0.15) is 0 Å². The van der Waals surface area contributed by atoms with Crippen LogP contribution in [-0.4, -0.2) is 38.2 Å². The summed E-state index contributed by atoms with van der Waals surface area (Å²) >= 11 is 0. The summed E-state index contributed by atoms with van der Waals surface area (Å²) in [5, 5.41) is 6.95. The SMILES string of the molecule is COC(=O)[C@@H](N=[N+]=[N-])[C@H](NC1(c2ccccc2)c2ccccc2-c2ccccc21)C(=O)OC. The molecule has 1 aliphatic rings. The van der Waals surface area contributed by atoms with Crippen molar-refractivity contribution in [2.75, 3.05) is 14.2 Å². The van der Waals surface area contributed by atoms with Crippen molar-refractivity contribution in [3.8, 4) is 11.1 Å². The summed E-state index contributed by atoms with van der Waals surface area (Å²) < 4.78 is 9.84. The molecule has 3 aromatic carbocycles. The molecule has 2 atom stereocenters. The minimum Gasteiger partial charge on any atom is -0.469 e. The van der Waals surface area contributed by atoms with E-state index in [0.717, 1.165) is 27.8 Å². The number of nitrogens with one attached hydrogen (secondary N) is 1. The van der Waals surface area contributed by atoms with Gasteiger partial charge in [0, 0.05) is 4.91 Å². The minimum absolute atomic E-state index is 0.755. The number of nitrogens with zero attached hydrogens (tertiary/aromatic N) is 3. The maximum Gasteiger partial charge on any atom is 0.323 e. The number of azide groups is 1. The molecule has 1 aliphatic carbocycles. The van der Waals surface area contributed by atoms with Crippen molar-refractivity contribution in [1.29, 1.82) is 0 Å². The van der Waals surface area contributed by atoms with Gasteiger partial charge in [-0.1, -0.05) is 84.0 Å². The lowest BCUT2D eigenvalue weighted by Crippen LogP contribution is -2.58. The molecular weight excluding hydrogens is 420 g/mol. The van der Waals surface area contributed by atoms with Crippen LogP contribution in [0.2, 0.25) is 0 Å². The van der Waals surface area contributed by atoms with Crippen molar-refractivity contribution >= 4 is 11.9 Å². The van der Waals surface area contributed by atoms with Crippen molar-refractivity contribution in [2.24, 2.45) is 5.11 Å². The molecule has 0 fully saturated rings. The average Bonchev–Trinajstić information content (AvgIpc) is 3.16. The van der Waals surface area contributed by atoms with Crippen molar-refractivity contribution in [2.45, 2.75) is 17.6 Å². The third kappa shape index (κ3) is 3.61. The van der Waals surface area contributed by atoms with Gasteiger partial charge in [-0.3, -0.25) is 14.9 Å². The smallest absolute Gasteiger partial charge is 0.323 e. The number of methoxy groups -OCH3 is 2. The van der Waals surface area contributed by atoms with Gasteiger partial charge in [0.1, 0.15) is 6.04 Å². The Morgan fingerprint density at radius 2 is 1.36 bits per heavy atom. The summed E-state index contributed by atoms with van der Waals surface area (Å²) in [6.45, 7) is 0. The molecule has 0 saturated heterocycles. The summed E-state index contributed by atoms with van der Waals surface area (Å²) in [6.07, 6.45) is 0. The van der Waals surface area contributed by atoms with Crippen LogP contribution < -0.4 is 5.32 Å². The van der Waals surface area contributed by atoms with E-state index in [9.17, 15) is 9.59 Å². The van der Waals surface area contributed by atoms with Crippen LogP contribution in [0.4, 0.5) is 0 Å². The summed E-state index contributed by atoms with van der Waals surface area (Å²) in [7, 11) is 2.39. The van der Waals surface area contributed by atoms with E-state index in [-0.39, 0.29) is 0 Å². The molecule has 0 spiro atoms. The molecule has 8 heteroatoms. The summed E-state index contributed by atoms with van der Waals surface area (Å²) in [6, 6.07) is 22.5. The van der Waals surface area contributed by atoms with Crippen molar-refractivity contribution in [1.82, 2.24) is 5.32 Å². The average molecular weight is 442 g/mol. The molecule has 0 saturated carbocycles. The topological polar surface area (TPSA) is 113 Å². The van der Waals surface area contributed by atoms with E-state index in [4.69, 9.17) is 15.0 Å². The predicted molar refractivity (Wildman–Crippen MR) is 122 cm³/mol. The lowest BCUT2D eigenvalue weighted by atomic mass is 9.79. The van der Waals surface area contributed by atoms with E-state index in [0.29, 0.717) is 0 Å². The van der Waals surface area contributed by atoms with E-state index in [1.807, 2.05) is 78.9 Å². The zero-order chi connectivity index (χ0) is 23.4. The number of hydrogen-bond donors (Lipinski definition) is 1. The van der Waals surface area contributed by atoms with Crippen LogP contribution >= 0.6 is 0 Å². The van der Waals surface area contributed by atoms with Crippen LogP contribution in [0.5, 0.6) is 0 Å². The highest BCUT2D eigenvalue weighted by Gasteiger charge is 2.49. The first-order chi connectivity index (χ1) is 16.1. The maximum atomic E-state index is 13.0. The molecule has 166 valence electrons. The van der Waals surface area contributed by atoms with Gasteiger partial charge in [0.25, 0.3) is 0 Å². The fourth-order valence-electron chi connectivity index (χ4n) is 4.53. The van der Waals surface area contributed by atoms with Crippen molar-refractivity contribution in [3.05, 3.63) is 106 Å². The maximum absolute atomic E-state index is 13.0. The monoisotopic (exact) mass is 442 g/mol. The van der Waals surface area contributed by atoms with Gasteiger partial charge in [-0.15, -0.1) is 0 Å². The summed E-state index contributed by atoms with van der Waals surface area (Å²) in [5.41, 5.74) is 12.7. The number of benzene rings is 3. The largest absolute Gasteiger partial charge is 0.469 e. The van der Waals surface area contributed by atoms with Crippen LogP contribution in [0.3, 0.4) is 0 Å². The molecule has 33 heavy (non-hydrogen) atoms. The van der Waals surface area contributed by atoms with Crippen LogP contribution in [-0.2, 0) is 24.6 Å². The third-order valence-electron chi connectivity index (χ3n) is 5.92. The van der Waals surface area contributed by atoms with Gasteiger partial charge < -0.3 is 9.47 Å². The van der Waals surface area contributed by atoms with Crippen LogP contribution in [0.25, 0.3) is 21.6 Å². The number of carbonyl (C=O) groups excluding carboxylic acids is 2. The van der Waals surface area contributed by atoms with Crippen LogP contribution in [0, 0.1) is 0 Å².